The van der Waals surface area contributed by atoms with Crippen molar-refractivity contribution in [1.29, 1.82) is 0 Å². The van der Waals surface area contributed by atoms with Crippen LogP contribution < -0.4 is 4.90 Å². The van der Waals surface area contributed by atoms with Gasteiger partial charge in [-0.05, 0) is 12.5 Å². The Kier molecular flexibility index (Phi) is 3.58. The van der Waals surface area contributed by atoms with Crippen LogP contribution in [0.1, 0.15) is 16.8 Å². The van der Waals surface area contributed by atoms with E-state index in [2.05, 4.69) is 9.88 Å². The Morgan fingerprint density at radius 2 is 2.53 bits per heavy atom. The van der Waals surface area contributed by atoms with Gasteiger partial charge in [0.05, 0.1) is 24.1 Å². The molecule has 5 nitrogen and oxygen atoms in total. The van der Waals surface area contributed by atoms with Crippen LogP contribution in [0.3, 0.4) is 0 Å². The third-order valence-electron chi connectivity index (χ3n) is 3.06. The number of hydrogen-bond acceptors (Lipinski definition) is 4. The monoisotopic (exact) mass is 236 g/mol. The molecule has 2 heterocycles. The minimum Gasteiger partial charge on any atom is -0.478 e. The zero-order valence-electron chi connectivity index (χ0n) is 9.80. The lowest BCUT2D eigenvalue weighted by Gasteiger charge is -2.19. The Hall–Kier alpha value is -1.62. The molecule has 1 aromatic rings. The zero-order chi connectivity index (χ0) is 12.3. The van der Waals surface area contributed by atoms with Gasteiger partial charge in [-0.15, -0.1) is 0 Å². The fourth-order valence-electron chi connectivity index (χ4n) is 2.24. The first-order chi connectivity index (χ1) is 8.22. The fourth-order valence-corrected chi connectivity index (χ4v) is 2.24. The highest BCUT2D eigenvalue weighted by Gasteiger charge is 2.25. The van der Waals surface area contributed by atoms with Crippen molar-refractivity contribution in [2.75, 3.05) is 31.7 Å². The number of anilines is 1. The summed E-state index contributed by atoms with van der Waals surface area (Å²) in [6.07, 6.45) is 4.16. The molecule has 1 fully saturated rings. The summed E-state index contributed by atoms with van der Waals surface area (Å²) < 4.78 is 5.13. The Morgan fingerprint density at radius 1 is 1.71 bits per heavy atom. The van der Waals surface area contributed by atoms with Crippen molar-refractivity contribution < 1.29 is 14.6 Å². The molecule has 0 aromatic carbocycles. The molecule has 92 valence electrons. The number of rotatable bonds is 4. The smallest absolute Gasteiger partial charge is 0.337 e. The van der Waals surface area contributed by atoms with E-state index >= 15 is 0 Å². The van der Waals surface area contributed by atoms with Gasteiger partial charge in [-0.25, -0.2) is 4.79 Å². The number of carboxylic acid groups (broad SMARTS) is 1. The summed E-state index contributed by atoms with van der Waals surface area (Å²) in [5.41, 5.74) is 1.02. The van der Waals surface area contributed by atoms with Gasteiger partial charge in [-0.3, -0.25) is 4.98 Å². The van der Waals surface area contributed by atoms with Gasteiger partial charge in [0, 0.05) is 32.3 Å². The van der Waals surface area contributed by atoms with Crippen molar-refractivity contribution >= 4 is 11.7 Å². The molecule has 1 N–H and O–H groups in total. The fraction of sp³-hybridized carbons (Fsp3) is 0.500. The number of aromatic carboxylic acids is 1. The van der Waals surface area contributed by atoms with Gasteiger partial charge in [0.25, 0.3) is 0 Å². The highest BCUT2D eigenvalue weighted by molar-refractivity contribution is 5.94. The van der Waals surface area contributed by atoms with Crippen molar-refractivity contribution in [1.82, 2.24) is 4.98 Å². The summed E-state index contributed by atoms with van der Waals surface area (Å²) in [6.45, 7) is 2.42. The Morgan fingerprint density at radius 3 is 3.24 bits per heavy atom. The Labute approximate surface area is 100 Å². The molecule has 1 unspecified atom stereocenters. The lowest BCUT2D eigenvalue weighted by molar-refractivity contribution is 0.0697. The van der Waals surface area contributed by atoms with Crippen LogP contribution in [-0.2, 0) is 4.74 Å². The molecule has 0 aliphatic carbocycles. The summed E-state index contributed by atoms with van der Waals surface area (Å²) in [5, 5.41) is 9.12. The molecule has 17 heavy (non-hydrogen) atoms. The van der Waals surface area contributed by atoms with Crippen LogP contribution in [0.4, 0.5) is 5.69 Å². The predicted octanol–water partition coefficient (Wildman–Crippen LogP) is 1.25. The van der Waals surface area contributed by atoms with Gasteiger partial charge >= 0.3 is 5.97 Å². The van der Waals surface area contributed by atoms with Crippen molar-refractivity contribution in [2.24, 2.45) is 5.92 Å². The van der Waals surface area contributed by atoms with Crippen LogP contribution in [0.15, 0.2) is 18.5 Å². The van der Waals surface area contributed by atoms with Gasteiger partial charge in [0.1, 0.15) is 0 Å². The van der Waals surface area contributed by atoms with Crippen LogP contribution >= 0.6 is 0 Å². The Balaban J connectivity index is 2.16. The van der Waals surface area contributed by atoms with E-state index in [1.54, 1.807) is 19.4 Å². The first-order valence-electron chi connectivity index (χ1n) is 5.63. The number of hydrogen-bond donors (Lipinski definition) is 1. The number of carbonyl (C=O) groups is 1. The second-order valence-electron chi connectivity index (χ2n) is 4.25. The van der Waals surface area contributed by atoms with Crippen molar-refractivity contribution in [3.63, 3.8) is 0 Å². The van der Waals surface area contributed by atoms with Gasteiger partial charge in [0.15, 0.2) is 0 Å². The minimum absolute atomic E-state index is 0.318. The Bertz CT molecular complexity index is 408. The van der Waals surface area contributed by atoms with E-state index in [1.807, 2.05) is 0 Å². The number of aromatic nitrogens is 1. The second kappa shape index (κ2) is 5.14. The molecule has 0 saturated carbocycles. The van der Waals surface area contributed by atoms with E-state index in [0.29, 0.717) is 17.2 Å². The molecule has 1 aliphatic heterocycles. The molecule has 1 atom stereocenters. The summed E-state index contributed by atoms with van der Waals surface area (Å²) in [7, 11) is 1.69. The molecular formula is C12H16N2O3. The zero-order valence-corrected chi connectivity index (χ0v) is 9.80. The van der Waals surface area contributed by atoms with E-state index in [9.17, 15) is 4.79 Å². The van der Waals surface area contributed by atoms with Crippen molar-refractivity contribution in [2.45, 2.75) is 6.42 Å². The summed E-state index contributed by atoms with van der Waals surface area (Å²) in [5.74, 6) is -0.431. The van der Waals surface area contributed by atoms with E-state index in [4.69, 9.17) is 9.84 Å². The molecule has 0 spiro atoms. The van der Waals surface area contributed by atoms with Crippen LogP contribution in [0, 0.1) is 5.92 Å². The van der Waals surface area contributed by atoms with Crippen LogP contribution in [0.5, 0.6) is 0 Å². The topological polar surface area (TPSA) is 62.7 Å². The quantitative estimate of drug-likeness (QED) is 0.852. The summed E-state index contributed by atoms with van der Waals surface area (Å²) >= 11 is 0. The van der Waals surface area contributed by atoms with E-state index in [0.717, 1.165) is 26.1 Å². The summed E-state index contributed by atoms with van der Waals surface area (Å²) in [4.78, 5) is 17.2. The van der Waals surface area contributed by atoms with Crippen LogP contribution in [0.2, 0.25) is 0 Å². The first-order valence-corrected chi connectivity index (χ1v) is 5.63. The normalized spacial score (nSPS) is 19.6. The third-order valence-corrected chi connectivity index (χ3v) is 3.06. The van der Waals surface area contributed by atoms with Gasteiger partial charge < -0.3 is 14.7 Å². The SMILES string of the molecule is COCC1CCN(c2cnccc2C(=O)O)C1. The molecule has 1 saturated heterocycles. The molecule has 0 bridgehead atoms. The van der Waals surface area contributed by atoms with Gasteiger partial charge in [-0.2, -0.15) is 0 Å². The number of ether oxygens (including phenoxy) is 1. The van der Waals surface area contributed by atoms with E-state index in [-0.39, 0.29) is 0 Å². The van der Waals surface area contributed by atoms with Crippen LogP contribution in [-0.4, -0.2) is 42.9 Å². The number of carboxylic acids is 1. The highest BCUT2D eigenvalue weighted by atomic mass is 16.5. The molecular weight excluding hydrogens is 220 g/mol. The molecule has 2 rings (SSSR count). The molecule has 0 radical (unpaired) electrons. The maximum absolute atomic E-state index is 11.1. The second-order valence-corrected chi connectivity index (χ2v) is 4.25. The lowest BCUT2D eigenvalue weighted by atomic mass is 10.1. The van der Waals surface area contributed by atoms with E-state index < -0.39 is 5.97 Å². The minimum atomic E-state index is -0.905. The number of methoxy groups -OCH3 is 1. The van der Waals surface area contributed by atoms with E-state index in [1.165, 1.54) is 6.20 Å². The molecule has 0 amide bonds. The molecule has 1 aliphatic rings. The predicted molar refractivity (Wildman–Crippen MR) is 63.4 cm³/mol. The molecule has 5 heteroatoms. The highest BCUT2D eigenvalue weighted by Crippen LogP contribution is 2.26. The number of nitrogens with zero attached hydrogens (tertiary/aromatic N) is 2. The summed E-state index contributed by atoms with van der Waals surface area (Å²) in [6, 6.07) is 1.54. The largest absolute Gasteiger partial charge is 0.478 e. The maximum Gasteiger partial charge on any atom is 0.337 e. The van der Waals surface area contributed by atoms with Gasteiger partial charge in [-0.1, -0.05) is 0 Å². The maximum atomic E-state index is 11.1. The average molecular weight is 236 g/mol. The lowest BCUT2D eigenvalue weighted by Crippen LogP contribution is -2.23. The van der Waals surface area contributed by atoms with Crippen LogP contribution in [0.25, 0.3) is 0 Å². The number of pyridine rings is 1. The first kappa shape index (κ1) is 11.9. The third kappa shape index (κ3) is 2.55. The standard InChI is InChI=1S/C12H16N2O3/c1-17-8-9-3-5-14(7-9)11-6-13-4-2-10(11)12(15)16/h2,4,6,9H,3,5,7-8H2,1H3,(H,15,16). The van der Waals surface area contributed by atoms with Gasteiger partial charge in [0.2, 0.25) is 0 Å². The molecule has 1 aromatic heterocycles. The van der Waals surface area contributed by atoms with Crippen molar-refractivity contribution in [3.8, 4) is 0 Å². The van der Waals surface area contributed by atoms with Crippen molar-refractivity contribution in [3.05, 3.63) is 24.0 Å². The average Bonchev–Trinajstić information content (AvgIpc) is 2.78.